The molecule has 2 N–H and O–H groups in total. The summed E-state index contributed by atoms with van der Waals surface area (Å²) in [7, 11) is 1.77. The summed E-state index contributed by atoms with van der Waals surface area (Å²) in [6.07, 6.45) is 2.46. The summed E-state index contributed by atoms with van der Waals surface area (Å²) >= 11 is 0. The lowest BCUT2D eigenvalue weighted by atomic mass is 9.99. The van der Waals surface area contributed by atoms with Crippen LogP contribution >= 0.6 is 0 Å². The topological polar surface area (TPSA) is 64.7 Å². The van der Waals surface area contributed by atoms with Crippen LogP contribution in [0.1, 0.15) is 40.5 Å². The predicted octanol–water partition coefficient (Wildman–Crippen LogP) is 2.71. The van der Waals surface area contributed by atoms with Crippen molar-refractivity contribution in [2.75, 3.05) is 43.4 Å². The van der Waals surface area contributed by atoms with Crippen molar-refractivity contribution in [1.82, 2.24) is 10.2 Å². The molecule has 0 unspecified atom stereocenters. The van der Waals surface area contributed by atoms with Crippen molar-refractivity contribution in [3.63, 3.8) is 0 Å². The van der Waals surface area contributed by atoms with Crippen LogP contribution in [-0.2, 0) is 9.59 Å². The molecular formula is C21H34N4O2. The van der Waals surface area contributed by atoms with E-state index in [4.69, 9.17) is 0 Å². The third kappa shape index (κ3) is 7.59. The molecule has 150 valence electrons. The first-order valence-corrected chi connectivity index (χ1v) is 9.77. The van der Waals surface area contributed by atoms with Crippen LogP contribution in [0.25, 0.3) is 0 Å². The zero-order valence-electron chi connectivity index (χ0n) is 17.3. The summed E-state index contributed by atoms with van der Waals surface area (Å²) in [5.74, 6) is 0.598. The van der Waals surface area contributed by atoms with Crippen molar-refractivity contribution in [3.05, 3.63) is 24.3 Å². The van der Waals surface area contributed by atoms with Crippen molar-refractivity contribution in [1.29, 1.82) is 0 Å². The van der Waals surface area contributed by atoms with Gasteiger partial charge in [0.15, 0.2) is 0 Å². The molecule has 6 nitrogen and oxygen atoms in total. The van der Waals surface area contributed by atoms with Crippen molar-refractivity contribution in [2.45, 2.75) is 46.1 Å². The van der Waals surface area contributed by atoms with E-state index in [-0.39, 0.29) is 30.4 Å². The quantitative estimate of drug-likeness (QED) is 0.804. The predicted molar refractivity (Wildman–Crippen MR) is 111 cm³/mol. The first kappa shape index (κ1) is 21.2. The largest absolute Gasteiger partial charge is 0.372 e. The molecule has 1 aliphatic rings. The van der Waals surface area contributed by atoms with Crippen LogP contribution in [0.2, 0.25) is 0 Å². The van der Waals surface area contributed by atoms with Gasteiger partial charge in [0.25, 0.3) is 0 Å². The molecule has 1 heterocycles. The van der Waals surface area contributed by atoms with Crippen LogP contribution < -0.4 is 15.5 Å². The highest BCUT2D eigenvalue weighted by Crippen LogP contribution is 2.24. The van der Waals surface area contributed by atoms with Gasteiger partial charge < -0.3 is 15.5 Å². The summed E-state index contributed by atoms with van der Waals surface area (Å²) in [6.45, 7) is 10.7. The maximum atomic E-state index is 12.2. The average molecular weight is 375 g/mol. The molecule has 1 saturated heterocycles. The number of amides is 2. The molecule has 0 atom stereocenters. The number of nitrogens with zero attached hydrogens (tertiary/aromatic N) is 2. The summed E-state index contributed by atoms with van der Waals surface area (Å²) < 4.78 is 0. The Balaban J connectivity index is 1.79. The van der Waals surface area contributed by atoms with Crippen molar-refractivity contribution in [3.8, 4) is 0 Å². The Morgan fingerprint density at radius 2 is 1.63 bits per heavy atom. The van der Waals surface area contributed by atoms with Crippen LogP contribution in [0.15, 0.2) is 24.3 Å². The Labute approximate surface area is 163 Å². The second-order valence-corrected chi connectivity index (χ2v) is 8.74. The summed E-state index contributed by atoms with van der Waals surface area (Å²) in [6, 6.07) is 8.01. The van der Waals surface area contributed by atoms with E-state index in [1.165, 1.54) is 18.5 Å². The molecule has 2 rings (SSSR count). The van der Waals surface area contributed by atoms with Gasteiger partial charge in [0.2, 0.25) is 11.8 Å². The first-order chi connectivity index (χ1) is 12.6. The highest BCUT2D eigenvalue weighted by Gasteiger charge is 2.17. The highest BCUT2D eigenvalue weighted by molar-refractivity contribution is 5.92. The minimum atomic E-state index is -0.270. The van der Waals surface area contributed by atoms with E-state index in [1.807, 2.05) is 32.9 Å². The highest BCUT2D eigenvalue weighted by atomic mass is 16.2. The number of hydrogen-bond acceptors (Lipinski definition) is 4. The molecular weight excluding hydrogens is 340 g/mol. The number of anilines is 2. The van der Waals surface area contributed by atoms with Gasteiger partial charge >= 0.3 is 0 Å². The summed E-state index contributed by atoms with van der Waals surface area (Å²) in [5, 5.41) is 5.80. The second-order valence-electron chi connectivity index (χ2n) is 8.74. The van der Waals surface area contributed by atoms with Crippen molar-refractivity contribution in [2.24, 2.45) is 5.92 Å². The van der Waals surface area contributed by atoms with Crippen LogP contribution in [0, 0.1) is 5.92 Å². The second kappa shape index (κ2) is 9.22. The van der Waals surface area contributed by atoms with Crippen LogP contribution in [0.4, 0.5) is 11.4 Å². The van der Waals surface area contributed by atoms with Crippen LogP contribution in [0.3, 0.4) is 0 Å². The molecule has 1 fully saturated rings. The average Bonchev–Trinajstić information content (AvgIpc) is 2.54. The molecule has 1 aromatic rings. The Morgan fingerprint density at radius 3 is 2.19 bits per heavy atom. The van der Waals surface area contributed by atoms with Gasteiger partial charge in [-0.15, -0.1) is 0 Å². The molecule has 0 aliphatic carbocycles. The number of piperidine rings is 1. The van der Waals surface area contributed by atoms with Crippen LogP contribution in [-0.4, -0.2) is 55.5 Å². The first-order valence-electron chi connectivity index (χ1n) is 9.77. The van der Waals surface area contributed by atoms with E-state index >= 15 is 0 Å². The van der Waals surface area contributed by atoms with Gasteiger partial charge in [-0.05, 0) is 70.8 Å². The van der Waals surface area contributed by atoms with E-state index < -0.39 is 0 Å². The lowest BCUT2D eigenvalue weighted by molar-refractivity contribution is -0.124. The molecule has 0 saturated carbocycles. The molecule has 2 amide bonds. The minimum Gasteiger partial charge on any atom is -0.372 e. The fourth-order valence-corrected chi connectivity index (χ4v) is 3.23. The Bertz CT molecular complexity index is 629. The number of benzene rings is 1. The maximum absolute atomic E-state index is 12.2. The van der Waals surface area contributed by atoms with Gasteiger partial charge in [-0.1, -0.05) is 6.92 Å². The molecule has 0 spiro atoms. The lowest BCUT2D eigenvalue weighted by Crippen LogP contribution is -2.46. The zero-order valence-corrected chi connectivity index (χ0v) is 17.3. The number of carbonyl (C=O) groups is 2. The SMILES string of the molecule is CC1CCN(c2ccc(NC(=O)CN(C)CC(=O)NC(C)(C)C)cc2)CC1. The number of rotatable bonds is 6. The molecule has 0 bridgehead atoms. The molecule has 0 aromatic heterocycles. The molecule has 27 heavy (non-hydrogen) atoms. The summed E-state index contributed by atoms with van der Waals surface area (Å²) in [4.78, 5) is 28.2. The Morgan fingerprint density at radius 1 is 1.07 bits per heavy atom. The smallest absolute Gasteiger partial charge is 0.238 e. The maximum Gasteiger partial charge on any atom is 0.238 e. The summed E-state index contributed by atoms with van der Waals surface area (Å²) in [5.41, 5.74) is 1.71. The Kier molecular flexibility index (Phi) is 7.25. The van der Waals surface area contributed by atoms with E-state index in [2.05, 4.69) is 34.6 Å². The molecule has 0 radical (unpaired) electrons. The van der Waals surface area contributed by atoms with Gasteiger partial charge in [-0.3, -0.25) is 14.5 Å². The van der Waals surface area contributed by atoms with E-state index in [9.17, 15) is 9.59 Å². The van der Waals surface area contributed by atoms with Gasteiger partial charge in [-0.25, -0.2) is 0 Å². The third-order valence-electron chi connectivity index (χ3n) is 4.64. The molecule has 1 aromatic carbocycles. The monoisotopic (exact) mass is 374 g/mol. The minimum absolute atomic E-state index is 0.0852. The Hall–Kier alpha value is -2.08. The van der Waals surface area contributed by atoms with Gasteiger partial charge in [0.05, 0.1) is 13.1 Å². The normalized spacial score (nSPS) is 15.7. The van der Waals surface area contributed by atoms with E-state index in [1.54, 1.807) is 11.9 Å². The van der Waals surface area contributed by atoms with Crippen LogP contribution in [0.5, 0.6) is 0 Å². The van der Waals surface area contributed by atoms with Crippen molar-refractivity contribution < 1.29 is 9.59 Å². The fraction of sp³-hybridized carbons (Fsp3) is 0.619. The molecule has 1 aliphatic heterocycles. The van der Waals surface area contributed by atoms with E-state index in [0.717, 1.165) is 24.7 Å². The lowest BCUT2D eigenvalue weighted by Gasteiger charge is -2.32. The van der Waals surface area contributed by atoms with Gasteiger partial charge in [-0.2, -0.15) is 0 Å². The third-order valence-corrected chi connectivity index (χ3v) is 4.64. The number of nitrogens with one attached hydrogen (secondary N) is 2. The number of carbonyl (C=O) groups excluding carboxylic acids is 2. The standard InChI is InChI=1S/C21H34N4O2/c1-16-10-12-25(13-11-16)18-8-6-17(7-9-18)22-19(26)14-24(5)15-20(27)23-21(2,3)4/h6-9,16H,10-15H2,1-5H3,(H,22,26)(H,23,27). The van der Waals surface area contributed by atoms with Gasteiger partial charge in [0, 0.05) is 30.0 Å². The van der Waals surface area contributed by atoms with E-state index in [0.29, 0.717) is 0 Å². The molecule has 6 heteroatoms. The van der Waals surface area contributed by atoms with Crippen molar-refractivity contribution >= 4 is 23.2 Å². The van der Waals surface area contributed by atoms with Gasteiger partial charge in [0.1, 0.15) is 0 Å². The fourth-order valence-electron chi connectivity index (χ4n) is 3.23. The number of likely N-dealkylation sites (N-methyl/N-ethyl adjacent to an activating group) is 1. The number of hydrogen-bond donors (Lipinski definition) is 2. The zero-order chi connectivity index (χ0) is 20.0.